The van der Waals surface area contributed by atoms with Crippen LogP contribution in [0.5, 0.6) is 0 Å². The monoisotopic (exact) mass is 275 g/mol. The first-order valence-electron chi connectivity index (χ1n) is 7.48. The van der Waals surface area contributed by atoms with Crippen molar-refractivity contribution in [2.45, 2.75) is 39.0 Å². The molecule has 3 N–H and O–H groups in total. The van der Waals surface area contributed by atoms with Crippen molar-refractivity contribution in [1.82, 2.24) is 19.8 Å². The van der Waals surface area contributed by atoms with Crippen molar-refractivity contribution in [3.63, 3.8) is 0 Å². The lowest BCUT2D eigenvalue weighted by Crippen LogP contribution is -2.59. The van der Waals surface area contributed by atoms with Gasteiger partial charge in [0.15, 0.2) is 0 Å². The molecule has 4 heterocycles. The van der Waals surface area contributed by atoms with Gasteiger partial charge in [0.25, 0.3) is 0 Å². The Labute approximate surface area is 117 Å². The molecule has 1 aromatic rings. The van der Waals surface area contributed by atoms with E-state index in [-0.39, 0.29) is 0 Å². The Hall–Kier alpha value is -1.69. The van der Waals surface area contributed by atoms with Crippen molar-refractivity contribution in [3.05, 3.63) is 16.5 Å². The molecule has 20 heavy (non-hydrogen) atoms. The van der Waals surface area contributed by atoms with E-state index in [1.54, 1.807) is 0 Å². The normalized spacial score (nSPS) is 23.6. The maximum absolute atomic E-state index is 6.19. The van der Waals surface area contributed by atoms with Gasteiger partial charge in [0.2, 0.25) is 0 Å². The van der Waals surface area contributed by atoms with E-state index in [9.17, 15) is 0 Å². The van der Waals surface area contributed by atoms with Crippen LogP contribution in [0.3, 0.4) is 0 Å². The molecule has 3 aliphatic rings. The van der Waals surface area contributed by atoms with Crippen LogP contribution in [0.4, 0.5) is 0 Å². The SMILES string of the molecule is CCOCc1nc2c3n1CCN1CCCC(NC=2N)C=31. The first-order valence-corrected chi connectivity index (χ1v) is 7.48. The quantitative estimate of drug-likeness (QED) is 0.713. The molecule has 0 saturated carbocycles. The molecule has 108 valence electrons. The van der Waals surface area contributed by atoms with E-state index in [4.69, 9.17) is 15.5 Å². The number of nitrogens with zero attached hydrogens (tertiary/aromatic N) is 3. The smallest absolute Gasteiger partial charge is 0.136 e. The van der Waals surface area contributed by atoms with Crippen molar-refractivity contribution < 1.29 is 4.74 Å². The second kappa shape index (κ2) is 4.41. The molecule has 0 amide bonds. The molecule has 6 nitrogen and oxygen atoms in total. The molecule has 1 saturated heterocycles. The summed E-state index contributed by atoms with van der Waals surface area (Å²) in [7, 11) is 0. The maximum Gasteiger partial charge on any atom is 0.136 e. The average molecular weight is 275 g/mol. The Balaban J connectivity index is 1.96. The van der Waals surface area contributed by atoms with E-state index in [0.29, 0.717) is 25.1 Å². The van der Waals surface area contributed by atoms with Gasteiger partial charge in [-0.15, -0.1) is 0 Å². The number of rotatable bonds is 3. The summed E-state index contributed by atoms with van der Waals surface area (Å²) in [5.41, 5.74) is 7.58. The largest absolute Gasteiger partial charge is 0.384 e. The van der Waals surface area contributed by atoms with Gasteiger partial charge in [0, 0.05) is 26.2 Å². The van der Waals surface area contributed by atoms with Crippen LogP contribution in [-0.4, -0.2) is 40.2 Å². The van der Waals surface area contributed by atoms with Gasteiger partial charge in [0.1, 0.15) is 23.6 Å². The van der Waals surface area contributed by atoms with Crippen LogP contribution in [0.25, 0.3) is 11.5 Å². The van der Waals surface area contributed by atoms with Gasteiger partial charge in [-0.05, 0) is 19.8 Å². The molecule has 0 spiro atoms. The maximum atomic E-state index is 6.19. The third kappa shape index (κ3) is 1.57. The fourth-order valence-electron chi connectivity index (χ4n) is 3.62. The highest BCUT2D eigenvalue weighted by Gasteiger charge is 2.33. The molecule has 1 atom stereocenters. The van der Waals surface area contributed by atoms with Gasteiger partial charge in [0.05, 0.1) is 17.1 Å². The zero-order valence-corrected chi connectivity index (χ0v) is 11.9. The number of nitrogens with one attached hydrogen (secondary N) is 1. The van der Waals surface area contributed by atoms with Crippen LogP contribution < -0.4 is 21.7 Å². The zero-order valence-electron chi connectivity index (χ0n) is 11.9. The second-order valence-electron chi connectivity index (χ2n) is 5.64. The summed E-state index contributed by atoms with van der Waals surface area (Å²) in [5, 5.41) is 5.58. The number of nitrogens with two attached hydrogens (primary N) is 1. The van der Waals surface area contributed by atoms with E-state index in [0.717, 1.165) is 37.2 Å². The lowest BCUT2D eigenvalue weighted by Gasteiger charge is -2.41. The second-order valence-corrected chi connectivity index (χ2v) is 5.64. The Morgan fingerprint density at radius 2 is 2.30 bits per heavy atom. The van der Waals surface area contributed by atoms with Gasteiger partial charge < -0.3 is 25.3 Å². The van der Waals surface area contributed by atoms with E-state index in [2.05, 4.69) is 14.8 Å². The Morgan fingerprint density at radius 3 is 3.15 bits per heavy atom. The van der Waals surface area contributed by atoms with E-state index >= 15 is 0 Å². The first-order chi connectivity index (χ1) is 9.79. The summed E-state index contributed by atoms with van der Waals surface area (Å²) in [6, 6.07) is 0.354. The van der Waals surface area contributed by atoms with Crippen LogP contribution in [0.1, 0.15) is 25.6 Å². The van der Waals surface area contributed by atoms with Crippen molar-refractivity contribution in [3.8, 4) is 0 Å². The zero-order chi connectivity index (χ0) is 13.7. The highest BCUT2D eigenvalue weighted by atomic mass is 16.5. The molecule has 1 aromatic heterocycles. The standard InChI is InChI=1S/C14H21N5O/c1-2-20-8-10-17-11-13-12-9(16-14(11)15)4-3-5-18(12)6-7-19(10)13/h9,16H,2-8,15H2,1H3. The number of hydrogen-bond acceptors (Lipinski definition) is 5. The van der Waals surface area contributed by atoms with Gasteiger partial charge in [-0.1, -0.05) is 0 Å². The molecule has 1 fully saturated rings. The summed E-state index contributed by atoms with van der Waals surface area (Å²) in [6.45, 7) is 6.48. The van der Waals surface area contributed by atoms with Crippen molar-refractivity contribution >= 4 is 11.5 Å². The summed E-state index contributed by atoms with van der Waals surface area (Å²) in [4.78, 5) is 7.22. The predicted octanol–water partition coefficient (Wildman–Crippen LogP) is -1.37. The third-order valence-corrected chi connectivity index (χ3v) is 4.49. The molecule has 4 rings (SSSR count). The van der Waals surface area contributed by atoms with Crippen LogP contribution in [0, 0.1) is 0 Å². The Morgan fingerprint density at radius 1 is 1.40 bits per heavy atom. The van der Waals surface area contributed by atoms with Gasteiger partial charge in [-0.3, -0.25) is 0 Å². The minimum absolute atomic E-state index is 0.354. The number of aromatic nitrogens is 2. The topological polar surface area (TPSA) is 68.3 Å². The molecule has 0 bridgehead atoms. The van der Waals surface area contributed by atoms with Gasteiger partial charge in [-0.25, -0.2) is 4.98 Å². The van der Waals surface area contributed by atoms with E-state index in [1.165, 1.54) is 17.5 Å². The highest BCUT2D eigenvalue weighted by molar-refractivity contribution is 5.58. The molecule has 1 unspecified atom stereocenters. The van der Waals surface area contributed by atoms with Crippen molar-refractivity contribution in [1.29, 1.82) is 0 Å². The van der Waals surface area contributed by atoms with Crippen molar-refractivity contribution in [2.24, 2.45) is 5.73 Å². The minimum atomic E-state index is 0.354. The number of hydrogen-bond donors (Lipinski definition) is 2. The molecule has 0 aromatic carbocycles. The number of piperidine rings is 1. The Kier molecular flexibility index (Phi) is 2.66. The summed E-state index contributed by atoms with van der Waals surface area (Å²) in [6.07, 6.45) is 2.38. The fraction of sp³-hybridized carbons (Fsp3) is 0.643. The van der Waals surface area contributed by atoms with E-state index in [1.807, 2.05) is 6.92 Å². The van der Waals surface area contributed by atoms with Crippen LogP contribution >= 0.6 is 0 Å². The van der Waals surface area contributed by atoms with Gasteiger partial charge >= 0.3 is 0 Å². The van der Waals surface area contributed by atoms with Crippen LogP contribution in [-0.2, 0) is 17.9 Å². The van der Waals surface area contributed by atoms with Gasteiger partial charge in [-0.2, -0.15) is 0 Å². The predicted molar refractivity (Wildman–Crippen MR) is 75.5 cm³/mol. The molecule has 6 heteroatoms. The summed E-state index contributed by atoms with van der Waals surface area (Å²) < 4.78 is 7.86. The lowest BCUT2D eigenvalue weighted by molar-refractivity contribution is 0.124. The Bertz CT molecular complexity index is 662. The lowest BCUT2D eigenvalue weighted by atomic mass is 9.98. The molecule has 0 radical (unpaired) electrons. The summed E-state index contributed by atoms with van der Waals surface area (Å²) >= 11 is 0. The van der Waals surface area contributed by atoms with Crippen LogP contribution in [0.2, 0.25) is 0 Å². The molecular formula is C14H21N5O. The number of imidazole rings is 1. The highest BCUT2D eigenvalue weighted by Crippen LogP contribution is 2.24. The molecular weight excluding hydrogens is 254 g/mol. The molecule has 3 aliphatic heterocycles. The minimum Gasteiger partial charge on any atom is -0.384 e. The average Bonchev–Trinajstić information content (AvgIpc) is 2.84. The number of ether oxygens (including phenoxy) is 1. The van der Waals surface area contributed by atoms with Crippen molar-refractivity contribution in [2.75, 3.05) is 19.7 Å². The fourth-order valence-corrected chi connectivity index (χ4v) is 3.62. The first kappa shape index (κ1) is 12.1. The third-order valence-electron chi connectivity index (χ3n) is 4.49. The molecule has 0 aliphatic carbocycles. The summed E-state index contributed by atoms with van der Waals surface area (Å²) in [5.74, 6) is 1.72. The van der Waals surface area contributed by atoms with Crippen LogP contribution in [0.15, 0.2) is 0 Å². The van der Waals surface area contributed by atoms with E-state index < -0.39 is 0 Å².